The molecule has 0 aromatic heterocycles. The first-order chi connectivity index (χ1) is 1.00. The molecule has 0 atom stereocenters. The second-order valence-corrected chi connectivity index (χ2v) is 0. The summed E-state index contributed by atoms with van der Waals surface area (Å²) in [6.07, 6.45) is 0. The van der Waals surface area contributed by atoms with Gasteiger partial charge in [0.05, 0.1) is 0 Å². The Hall–Kier alpha value is 0.976. The Morgan fingerprint density at radius 3 is 1.25 bits per heavy atom. The zero-order chi connectivity index (χ0) is 2.00. The molecule has 0 radical (unpaired) electrons. The smallest absolute Gasteiger partial charge is 0.316 e. The Bertz CT molecular complexity index is 8.00. The van der Waals surface area contributed by atoms with Crippen molar-refractivity contribution in [2.24, 2.45) is 5.25 Å². The predicted octanol–water partition coefficient (Wildman–Crippen LogP) is -1.64. The highest BCUT2D eigenvalue weighted by molar-refractivity contribution is 6.11. The summed E-state index contributed by atoms with van der Waals surface area (Å²) in [5, 5.41) is 3.97. The minimum absolute atomic E-state index is 0. The molecule has 0 aliphatic carbocycles. The summed E-state index contributed by atoms with van der Waals surface area (Å²) >= 11 is 4.14. The highest BCUT2D eigenvalue weighted by Crippen LogP contribution is 1.15. The zero-order valence-electron chi connectivity index (χ0n) is 1.46. The largest absolute Gasteiger partial charge is 0.412 e. The average molecular weight is 95.8 g/mol. The van der Waals surface area contributed by atoms with Crippen molar-refractivity contribution in [1.82, 2.24) is 0 Å². The van der Waals surface area contributed by atoms with Crippen LogP contribution >= 0.6 is 11.8 Å². The van der Waals surface area contributed by atoms with Crippen molar-refractivity contribution in [3.05, 3.63) is 0 Å². The van der Waals surface area contributed by atoms with E-state index in [4.69, 9.17) is 0 Å². The molecule has 0 saturated carbocycles. The molecule has 26 valence electrons. The van der Waals surface area contributed by atoms with Gasteiger partial charge in [0.25, 0.3) is 0 Å². The first-order valence-electron chi connectivity index (χ1n) is 0.218. The van der Waals surface area contributed by atoms with Crippen LogP contribution in [0, 0.1) is 0 Å². The van der Waals surface area contributed by atoms with Crippen LogP contribution in [0.3, 0.4) is 0 Å². The quantitative estimate of drug-likeness (QED) is 0.285. The average Bonchev–Trinajstić information content (AvgIpc) is 1.00. The van der Waals surface area contributed by atoms with E-state index in [1.165, 1.54) is 0 Å². The van der Waals surface area contributed by atoms with E-state index >= 15 is 0 Å². The Labute approximate surface area is 45.9 Å². The van der Waals surface area contributed by atoms with Crippen molar-refractivity contribution in [2.45, 2.75) is 0 Å². The topological polar surface area (TPSA) is 57.5 Å². The van der Waals surface area contributed by atoms with Gasteiger partial charge >= 0.3 is 23.1 Å². The summed E-state index contributed by atoms with van der Waals surface area (Å²) < 4.78 is 0. The van der Waals surface area contributed by atoms with Crippen molar-refractivity contribution >= 4 is 34.8 Å². The third-order valence-corrected chi connectivity index (χ3v) is 0. The van der Waals surface area contributed by atoms with Crippen molar-refractivity contribution in [1.29, 1.82) is 0 Å². The van der Waals surface area contributed by atoms with Crippen LogP contribution in [-0.4, -0.2) is 28.5 Å². The lowest BCUT2D eigenvalue weighted by Crippen LogP contribution is -1.48. The van der Waals surface area contributed by atoms with Crippen LogP contribution in [-0.2, 0) is 0 Å². The molecule has 4 heavy (non-hydrogen) atoms. The second-order valence-electron chi connectivity index (χ2n) is 0. The number of hydrogen-bond acceptors (Lipinski definition) is 1. The van der Waals surface area contributed by atoms with Gasteiger partial charge in [-0.25, -0.2) is 5.25 Å². The first kappa shape index (κ1) is 20.1. The molecule has 0 unspecified atom stereocenters. The molecule has 0 aromatic rings. The molecule has 0 aromatic carbocycles. The number of nitrogens with two attached hydrogens (primary N) is 1. The summed E-state index contributed by atoms with van der Waals surface area (Å²) in [4.78, 5) is 0. The van der Waals surface area contributed by atoms with E-state index in [9.17, 15) is 0 Å². The summed E-state index contributed by atoms with van der Waals surface area (Å²) in [6, 6.07) is 0. The van der Waals surface area contributed by atoms with Gasteiger partial charge in [-0.2, -0.15) is 0 Å². The first-order valence-corrected chi connectivity index (χ1v) is 0.655. The molecule has 0 saturated heterocycles. The fraction of sp³-hybridized carbons (Fsp3) is 0. The SMILES string of the molecule is NCl.O.[MgH2]. The minimum atomic E-state index is 0. The highest BCUT2D eigenvalue weighted by atomic mass is 35.5. The van der Waals surface area contributed by atoms with E-state index in [1.807, 2.05) is 0 Å². The van der Waals surface area contributed by atoms with Crippen molar-refractivity contribution in [3.63, 3.8) is 0 Å². The molecule has 4 N–H and O–H groups in total. The maximum absolute atomic E-state index is 4.14. The molecule has 0 fully saturated rings. The van der Waals surface area contributed by atoms with Crippen molar-refractivity contribution in [2.75, 3.05) is 0 Å². The van der Waals surface area contributed by atoms with Crippen LogP contribution in [0.4, 0.5) is 0 Å². The van der Waals surface area contributed by atoms with Gasteiger partial charge in [-0.3, -0.25) is 0 Å². The lowest BCUT2D eigenvalue weighted by Gasteiger charge is -1.14. The van der Waals surface area contributed by atoms with Gasteiger partial charge in [-0.15, -0.1) is 0 Å². The van der Waals surface area contributed by atoms with E-state index in [2.05, 4.69) is 17.0 Å². The van der Waals surface area contributed by atoms with Gasteiger partial charge < -0.3 is 5.48 Å². The Morgan fingerprint density at radius 1 is 1.25 bits per heavy atom. The van der Waals surface area contributed by atoms with Crippen LogP contribution in [0.15, 0.2) is 0 Å². The molecular formula is H6ClMgNO. The molecule has 0 aliphatic heterocycles. The van der Waals surface area contributed by atoms with Gasteiger partial charge in [-0.1, -0.05) is 0 Å². The van der Waals surface area contributed by atoms with Crippen LogP contribution in [0.5, 0.6) is 0 Å². The predicted molar refractivity (Wildman–Crippen MR) is 22.2 cm³/mol. The summed E-state index contributed by atoms with van der Waals surface area (Å²) in [7, 11) is 0. The summed E-state index contributed by atoms with van der Waals surface area (Å²) in [5.74, 6) is 0. The van der Waals surface area contributed by atoms with Crippen LogP contribution in [0.2, 0.25) is 0 Å². The maximum atomic E-state index is 4.14. The van der Waals surface area contributed by atoms with Gasteiger partial charge in [0.1, 0.15) is 0 Å². The fourth-order valence-corrected chi connectivity index (χ4v) is 0. The molecule has 4 heteroatoms. The van der Waals surface area contributed by atoms with Crippen LogP contribution in [0.1, 0.15) is 0 Å². The minimum Gasteiger partial charge on any atom is -0.412 e. The summed E-state index contributed by atoms with van der Waals surface area (Å²) in [6.45, 7) is 0. The molecule has 0 heterocycles. The number of hydrogen-bond donors (Lipinski definition) is 1. The monoisotopic (exact) mass is 95.0 g/mol. The van der Waals surface area contributed by atoms with Crippen LogP contribution < -0.4 is 5.25 Å². The standard InChI is InChI=1S/ClH2N.Mg.H2O.2H/c1-2;;;;/h2H2;;1H2;;. The normalized spacial score (nSPS) is 1.50. The van der Waals surface area contributed by atoms with Crippen molar-refractivity contribution < 1.29 is 5.48 Å². The van der Waals surface area contributed by atoms with E-state index in [0.717, 1.165) is 0 Å². The van der Waals surface area contributed by atoms with Crippen molar-refractivity contribution in [3.8, 4) is 0 Å². The Balaban J connectivity index is -0.00000000500. The van der Waals surface area contributed by atoms with Gasteiger partial charge in [0.2, 0.25) is 0 Å². The highest BCUT2D eigenvalue weighted by Gasteiger charge is 0.868. The van der Waals surface area contributed by atoms with Crippen LogP contribution in [0.25, 0.3) is 0 Å². The summed E-state index contributed by atoms with van der Waals surface area (Å²) in [5.41, 5.74) is 0. The number of halogens is 1. The lowest BCUT2D eigenvalue weighted by atomic mass is 14.0. The van der Waals surface area contributed by atoms with Gasteiger partial charge in [-0.05, 0) is 11.8 Å². The fourth-order valence-electron chi connectivity index (χ4n) is 0. The maximum Gasteiger partial charge on any atom is 0.316 e. The number of rotatable bonds is 0. The van der Waals surface area contributed by atoms with E-state index < -0.39 is 0 Å². The molecule has 0 aliphatic rings. The molecule has 0 bridgehead atoms. The molecule has 0 amide bonds. The van der Waals surface area contributed by atoms with E-state index in [1.54, 1.807) is 0 Å². The third-order valence-electron chi connectivity index (χ3n) is 0. The molecule has 0 rings (SSSR count). The molecule has 2 nitrogen and oxygen atoms in total. The zero-order valence-corrected chi connectivity index (χ0v) is 2.21. The molecule has 0 spiro atoms. The van der Waals surface area contributed by atoms with Gasteiger partial charge in [0.15, 0.2) is 0 Å². The Kier molecular flexibility index (Phi) is 186. The van der Waals surface area contributed by atoms with E-state index in [-0.39, 0.29) is 28.5 Å². The third kappa shape index (κ3) is 12.2. The second kappa shape index (κ2) is 37.0. The Morgan fingerprint density at radius 2 is 1.25 bits per heavy atom. The molecular weight excluding hydrogens is 89.8 g/mol. The van der Waals surface area contributed by atoms with E-state index in [0.29, 0.717) is 0 Å². The lowest BCUT2D eigenvalue weighted by molar-refractivity contribution is 0.824. The van der Waals surface area contributed by atoms with Gasteiger partial charge in [0, 0.05) is 0 Å².